The number of hydrogen-bond donors (Lipinski definition) is 3. The van der Waals surface area contributed by atoms with E-state index in [-0.39, 0.29) is 25.3 Å². The second-order valence-electron chi connectivity index (χ2n) is 4.45. The highest BCUT2D eigenvalue weighted by molar-refractivity contribution is 6.03. The van der Waals surface area contributed by atoms with Gasteiger partial charge in [-0.05, 0) is 12.5 Å². The highest BCUT2D eigenvalue weighted by atomic mass is 16.2. The topological polar surface area (TPSA) is 114 Å². The molecule has 0 bridgehead atoms. The summed E-state index contributed by atoms with van der Waals surface area (Å²) in [5.74, 6) is 4.19. The zero-order valence-corrected chi connectivity index (χ0v) is 11.2. The molecule has 1 aliphatic heterocycles. The van der Waals surface area contributed by atoms with Crippen LogP contribution in [0.2, 0.25) is 0 Å². The summed E-state index contributed by atoms with van der Waals surface area (Å²) in [6.45, 7) is 0.215. The van der Waals surface area contributed by atoms with Gasteiger partial charge in [0, 0.05) is 24.4 Å². The number of pyridine rings is 1. The molecule has 7 heteroatoms. The fourth-order valence-electron chi connectivity index (χ4n) is 1.86. The number of hydrogen-bond acceptors (Lipinski definition) is 5. The largest absolute Gasteiger partial charge is 0.340 e. The number of amides is 3. The molecule has 1 unspecified atom stereocenters. The van der Waals surface area contributed by atoms with Crippen LogP contribution in [0, 0.1) is 11.8 Å². The van der Waals surface area contributed by atoms with E-state index in [0.717, 1.165) is 0 Å². The van der Waals surface area contributed by atoms with Crippen LogP contribution in [0.1, 0.15) is 28.8 Å². The molecule has 2 heterocycles. The highest BCUT2D eigenvalue weighted by Crippen LogP contribution is 2.07. The van der Waals surface area contributed by atoms with Crippen molar-refractivity contribution >= 4 is 17.7 Å². The van der Waals surface area contributed by atoms with Crippen LogP contribution >= 0.6 is 0 Å². The monoisotopic (exact) mass is 286 g/mol. The van der Waals surface area contributed by atoms with Gasteiger partial charge >= 0.3 is 0 Å². The number of nitrogens with one attached hydrogen (secondary N) is 2. The Balaban J connectivity index is 2.06. The number of nitrogens with two attached hydrogens (primary N) is 1. The lowest BCUT2D eigenvalue weighted by atomic mass is 10.1. The fraction of sp³-hybridized carbons (Fsp3) is 0.286. The quantitative estimate of drug-likeness (QED) is 0.473. The summed E-state index contributed by atoms with van der Waals surface area (Å²) in [6.07, 6.45) is 3.40. The predicted molar refractivity (Wildman–Crippen MR) is 73.8 cm³/mol. The molecule has 0 radical (unpaired) electrons. The van der Waals surface area contributed by atoms with Crippen LogP contribution in [0.5, 0.6) is 0 Å². The summed E-state index contributed by atoms with van der Waals surface area (Å²) < 4.78 is 0. The van der Waals surface area contributed by atoms with Crippen molar-refractivity contribution in [2.24, 2.45) is 5.73 Å². The summed E-state index contributed by atoms with van der Waals surface area (Å²) in [7, 11) is 0. The van der Waals surface area contributed by atoms with Crippen molar-refractivity contribution in [3.63, 3.8) is 0 Å². The number of aromatic nitrogens is 1. The molecule has 2 rings (SSSR count). The maximum Gasteiger partial charge on any atom is 0.253 e. The Hall–Kier alpha value is -2.72. The van der Waals surface area contributed by atoms with Gasteiger partial charge in [-0.3, -0.25) is 24.7 Å². The summed E-state index contributed by atoms with van der Waals surface area (Å²) >= 11 is 0. The van der Waals surface area contributed by atoms with Crippen LogP contribution in [-0.2, 0) is 9.59 Å². The van der Waals surface area contributed by atoms with E-state index in [0.29, 0.717) is 11.1 Å². The van der Waals surface area contributed by atoms with Gasteiger partial charge in [0.05, 0.1) is 12.1 Å². The molecule has 1 fully saturated rings. The number of piperidine rings is 1. The zero-order chi connectivity index (χ0) is 15.2. The van der Waals surface area contributed by atoms with Gasteiger partial charge in [0.1, 0.15) is 6.04 Å². The lowest BCUT2D eigenvalue weighted by Crippen LogP contribution is -2.52. The second kappa shape index (κ2) is 6.63. The third-order valence-electron chi connectivity index (χ3n) is 2.88. The number of nitrogens with zero attached hydrogens (tertiary/aromatic N) is 1. The second-order valence-corrected chi connectivity index (χ2v) is 4.45. The van der Waals surface area contributed by atoms with Gasteiger partial charge < -0.3 is 11.1 Å². The molecule has 1 aromatic heterocycles. The predicted octanol–water partition coefficient (Wildman–Crippen LogP) is -1.07. The van der Waals surface area contributed by atoms with Gasteiger partial charge in [-0.15, -0.1) is 0 Å². The molecular formula is C14H14N4O3. The molecule has 1 saturated heterocycles. The minimum atomic E-state index is -0.714. The van der Waals surface area contributed by atoms with Crippen molar-refractivity contribution in [1.29, 1.82) is 0 Å². The van der Waals surface area contributed by atoms with Crippen LogP contribution in [-0.4, -0.2) is 35.3 Å². The van der Waals surface area contributed by atoms with Crippen LogP contribution in [0.3, 0.4) is 0 Å². The van der Waals surface area contributed by atoms with E-state index in [1.54, 1.807) is 6.07 Å². The first-order valence-corrected chi connectivity index (χ1v) is 6.38. The van der Waals surface area contributed by atoms with Gasteiger partial charge in [0.25, 0.3) is 5.91 Å². The smallest absolute Gasteiger partial charge is 0.253 e. The number of carbonyl (C=O) groups excluding carboxylic acids is 3. The van der Waals surface area contributed by atoms with Crippen LogP contribution in [0.25, 0.3) is 0 Å². The van der Waals surface area contributed by atoms with Gasteiger partial charge in [-0.1, -0.05) is 11.8 Å². The summed E-state index contributed by atoms with van der Waals surface area (Å²) in [6, 6.07) is 0.852. The molecule has 0 spiro atoms. The Morgan fingerprint density at radius 1 is 1.48 bits per heavy atom. The Labute approximate surface area is 121 Å². The third-order valence-corrected chi connectivity index (χ3v) is 2.88. The van der Waals surface area contributed by atoms with Crippen molar-refractivity contribution in [3.05, 3.63) is 29.6 Å². The Morgan fingerprint density at radius 2 is 2.29 bits per heavy atom. The molecule has 0 aromatic carbocycles. The molecule has 7 nitrogen and oxygen atoms in total. The van der Waals surface area contributed by atoms with E-state index in [2.05, 4.69) is 27.5 Å². The molecule has 0 saturated carbocycles. The van der Waals surface area contributed by atoms with E-state index in [9.17, 15) is 14.4 Å². The first-order chi connectivity index (χ1) is 10.1. The molecule has 21 heavy (non-hydrogen) atoms. The zero-order valence-electron chi connectivity index (χ0n) is 11.2. The Kier molecular flexibility index (Phi) is 4.64. The normalized spacial score (nSPS) is 17.5. The van der Waals surface area contributed by atoms with Crippen molar-refractivity contribution in [2.45, 2.75) is 18.9 Å². The van der Waals surface area contributed by atoms with Crippen LogP contribution < -0.4 is 16.4 Å². The summed E-state index contributed by atoms with van der Waals surface area (Å²) in [4.78, 5) is 38.6. The van der Waals surface area contributed by atoms with Crippen molar-refractivity contribution in [1.82, 2.24) is 15.6 Å². The van der Waals surface area contributed by atoms with Gasteiger partial charge in [0.15, 0.2) is 0 Å². The van der Waals surface area contributed by atoms with Gasteiger partial charge in [-0.2, -0.15) is 0 Å². The highest BCUT2D eigenvalue weighted by Gasteiger charge is 2.28. The molecule has 108 valence electrons. The Morgan fingerprint density at radius 3 is 3.00 bits per heavy atom. The molecule has 3 amide bonds. The average Bonchev–Trinajstić information content (AvgIpc) is 2.48. The van der Waals surface area contributed by atoms with E-state index in [1.165, 1.54) is 12.4 Å². The van der Waals surface area contributed by atoms with E-state index >= 15 is 0 Å². The number of rotatable bonds is 2. The molecule has 1 atom stereocenters. The van der Waals surface area contributed by atoms with Gasteiger partial charge in [-0.25, -0.2) is 0 Å². The minimum Gasteiger partial charge on any atom is -0.340 e. The minimum absolute atomic E-state index is 0.205. The summed E-state index contributed by atoms with van der Waals surface area (Å²) in [5.41, 5.74) is 6.14. The lowest BCUT2D eigenvalue weighted by Gasteiger charge is -2.21. The van der Waals surface area contributed by atoms with Crippen molar-refractivity contribution in [3.8, 4) is 11.8 Å². The molecule has 0 aliphatic carbocycles. The third kappa shape index (κ3) is 3.87. The molecule has 4 N–H and O–H groups in total. The SMILES string of the molecule is NCC#Cc1cncc(C(=O)NC2CCC(=O)NC2=O)c1. The fourth-order valence-corrected chi connectivity index (χ4v) is 1.86. The van der Waals surface area contributed by atoms with Crippen LogP contribution in [0.15, 0.2) is 18.5 Å². The standard InChI is InChI=1S/C14H14N4O3/c15-5-1-2-9-6-10(8-16-7-9)13(20)17-11-3-4-12(19)18-14(11)21/h6-8,11H,3-5,15H2,(H,17,20)(H,18,19,21). The van der Waals surface area contributed by atoms with Crippen molar-refractivity contribution in [2.75, 3.05) is 6.54 Å². The van der Waals surface area contributed by atoms with E-state index in [1.807, 2.05) is 0 Å². The lowest BCUT2D eigenvalue weighted by molar-refractivity contribution is -0.134. The Bertz CT molecular complexity index is 645. The summed E-state index contributed by atoms with van der Waals surface area (Å²) in [5, 5.41) is 4.75. The van der Waals surface area contributed by atoms with Crippen LogP contribution in [0.4, 0.5) is 0 Å². The van der Waals surface area contributed by atoms with E-state index < -0.39 is 17.9 Å². The average molecular weight is 286 g/mol. The maximum atomic E-state index is 12.1. The first kappa shape index (κ1) is 14.7. The molecule has 1 aromatic rings. The van der Waals surface area contributed by atoms with E-state index in [4.69, 9.17) is 5.73 Å². The molecular weight excluding hydrogens is 272 g/mol. The number of carbonyl (C=O) groups is 3. The first-order valence-electron chi connectivity index (χ1n) is 6.38. The maximum absolute atomic E-state index is 12.1. The van der Waals surface area contributed by atoms with Crippen molar-refractivity contribution < 1.29 is 14.4 Å². The molecule has 1 aliphatic rings. The van der Waals surface area contributed by atoms with Gasteiger partial charge in [0.2, 0.25) is 11.8 Å². The number of imide groups is 1.